The third-order valence-corrected chi connectivity index (χ3v) is 8.08. The highest BCUT2D eigenvalue weighted by Gasteiger charge is 2.39. The van der Waals surface area contributed by atoms with Gasteiger partial charge in [0.25, 0.3) is 10.0 Å². The number of benzene rings is 2. The van der Waals surface area contributed by atoms with E-state index in [1.807, 2.05) is 18.2 Å². The summed E-state index contributed by atoms with van der Waals surface area (Å²) in [6.07, 6.45) is 1.39. The fraction of sp³-hybridized carbons (Fsp3) is 0.261. The lowest BCUT2D eigenvalue weighted by atomic mass is 10.1. The number of H-pyrrole nitrogens is 1. The second-order valence-electron chi connectivity index (χ2n) is 8.40. The SMILES string of the molecule is COCC1CN(S(=O)(=O)c2cc3cc(Cl)ccc3[nH]2)CC(=O)N1Cc1ccc2c(N)ncnc2c1. The Morgan fingerprint density at radius 1 is 1.20 bits per heavy atom. The number of nitrogen functional groups attached to an aromatic ring is 1. The van der Waals surface area contributed by atoms with Gasteiger partial charge in [0.2, 0.25) is 5.91 Å². The number of nitrogens with one attached hydrogen (secondary N) is 1. The molecule has 5 rings (SSSR count). The number of ether oxygens (including phenoxy) is 1. The molecular weight excluding hydrogens is 492 g/mol. The van der Waals surface area contributed by atoms with Crippen molar-refractivity contribution in [3.63, 3.8) is 0 Å². The van der Waals surface area contributed by atoms with Crippen LogP contribution in [0.3, 0.4) is 0 Å². The molecule has 0 radical (unpaired) electrons. The maximum absolute atomic E-state index is 13.4. The maximum atomic E-state index is 13.4. The van der Waals surface area contributed by atoms with E-state index in [1.165, 1.54) is 23.8 Å². The normalized spacial score (nSPS) is 17.5. The van der Waals surface area contributed by atoms with Gasteiger partial charge in [0, 0.05) is 41.5 Å². The monoisotopic (exact) mass is 514 g/mol. The highest BCUT2D eigenvalue weighted by Crippen LogP contribution is 2.27. The predicted octanol–water partition coefficient (Wildman–Crippen LogP) is 2.39. The summed E-state index contributed by atoms with van der Waals surface area (Å²) in [6, 6.07) is 11.7. The van der Waals surface area contributed by atoms with E-state index < -0.39 is 16.1 Å². The number of carbonyl (C=O) groups excluding carboxylic acids is 1. The Hall–Kier alpha value is -3.25. The van der Waals surface area contributed by atoms with E-state index in [1.54, 1.807) is 23.1 Å². The van der Waals surface area contributed by atoms with E-state index >= 15 is 0 Å². The van der Waals surface area contributed by atoms with Crippen molar-refractivity contribution in [3.05, 3.63) is 59.4 Å². The van der Waals surface area contributed by atoms with Gasteiger partial charge in [-0.1, -0.05) is 17.7 Å². The van der Waals surface area contributed by atoms with E-state index in [9.17, 15) is 13.2 Å². The molecule has 0 spiro atoms. The summed E-state index contributed by atoms with van der Waals surface area (Å²) in [6.45, 7) is 0.288. The molecule has 1 unspecified atom stereocenters. The Labute approximate surface area is 206 Å². The summed E-state index contributed by atoms with van der Waals surface area (Å²) in [7, 11) is -2.43. The minimum Gasteiger partial charge on any atom is -0.383 e. The van der Waals surface area contributed by atoms with Crippen molar-refractivity contribution in [2.24, 2.45) is 0 Å². The molecule has 1 fully saturated rings. The molecule has 1 aliphatic rings. The summed E-state index contributed by atoms with van der Waals surface area (Å²) >= 11 is 6.04. The molecule has 12 heteroatoms. The molecule has 3 N–H and O–H groups in total. The number of anilines is 1. The van der Waals surface area contributed by atoms with Crippen LogP contribution in [0, 0.1) is 0 Å². The van der Waals surface area contributed by atoms with E-state index in [-0.39, 0.29) is 37.2 Å². The lowest BCUT2D eigenvalue weighted by Crippen LogP contribution is -2.58. The molecule has 1 atom stereocenters. The highest BCUT2D eigenvalue weighted by atomic mass is 35.5. The summed E-state index contributed by atoms with van der Waals surface area (Å²) in [5.74, 6) is 0.0660. The minimum atomic E-state index is -3.95. The van der Waals surface area contributed by atoms with Crippen LogP contribution >= 0.6 is 11.6 Å². The van der Waals surface area contributed by atoms with Gasteiger partial charge < -0.3 is 20.4 Å². The van der Waals surface area contributed by atoms with Crippen LogP contribution in [0.1, 0.15) is 5.56 Å². The lowest BCUT2D eigenvalue weighted by molar-refractivity contribution is -0.139. The number of nitrogens with two attached hydrogens (primary N) is 1. The standard InChI is InChI=1S/C23H23ClN6O4S/c1-34-12-17-10-29(35(32,33)21-8-15-7-16(24)3-5-19(15)28-21)11-22(31)30(17)9-14-2-4-18-20(6-14)26-13-27-23(18)25/h2-8,13,17,28H,9-12H2,1H3,(H2,25,26,27). The molecule has 4 aromatic rings. The Bertz CT molecular complexity index is 1540. The summed E-state index contributed by atoms with van der Waals surface area (Å²) < 4.78 is 33.3. The predicted molar refractivity (Wildman–Crippen MR) is 132 cm³/mol. The first-order valence-electron chi connectivity index (χ1n) is 10.8. The second kappa shape index (κ2) is 9.08. The van der Waals surface area contributed by atoms with Gasteiger partial charge in [-0.25, -0.2) is 18.4 Å². The van der Waals surface area contributed by atoms with Crippen LogP contribution in [0.2, 0.25) is 5.02 Å². The van der Waals surface area contributed by atoms with E-state index in [4.69, 9.17) is 22.1 Å². The molecule has 2 aromatic carbocycles. The third kappa shape index (κ3) is 4.43. The van der Waals surface area contributed by atoms with Gasteiger partial charge in [-0.3, -0.25) is 4.79 Å². The number of hydrogen-bond donors (Lipinski definition) is 2. The molecule has 0 saturated carbocycles. The Morgan fingerprint density at radius 3 is 2.83 bits per heavy atom. The number of rotatable bonds is 6. The number of aromatic amines is 1. The molecule has 0 aliphatic carbocycles. The number of sulfonamides is 1. The Morgan fingerprint density at radius 2 is 2.03 bits per heavy atom. The van der Waals surface area contributed by atoms with Crippen LogP contribution < -0.4 is 5.73 Å². The molecule has 1 saturated heterocycles. The summed E-state index contributed by atoms with van der Waals surface area (Å²) in [4.78, 5) is 26.0. The number of carbonyl (C=O) groups is 1. The van der Waals surface area contributed by atoms with Crippen LogP contribution in [-0.4, -0.2) is 71.3 Å². The third-order valence-electron chi connectivity index (χ3n) is 6.11. The topological polar surface area (TPSA) is 135 Å². The number of hydrogen-bond acceptors (Lipinski definition) is 7. The number of methoxy groups -OCH3 is 1. The van der Waals surface area contributed by atoms with Crippen LogP contribution in [0.5, 0.6) is 0 Å². The van der Waals surface area contributed by atoms with Gasteiger partial charge in [-0.15, -0.1) is 0 Å². The first-order chi connectivity index (χ1) is 16.8. The first kappa shape index (κ1) is 23.5. The average molecular weight is 515 g/mol. The smallest absolute Gasteiger partial charge is 0.259 e. The van der Waals surface area contributed by atoms with Crippen LogP contribution in [-0.2, 0) is 26.1 Å². The zero-order valence-corrected chi connectivity index (χ0v) is 20.4. The highest BCUT2D eigenvalue weighted by molar-refractivity contribution is 7.89. The quantitative estimate of drug-likeness (QED) is 0.403. The van der Waals surface area contributed by atoms with Gasteiger partial charge in [-0.2, -0.15) is 4.31 Å². The average Bonchev–Trinajstić information content (AvgIpc) is 3.25. The largest absolute Gasteiger partial charge is 0.383 e. The van der Waals surface area contributed by atoms with E-state index in [0.717, 1.165) is 10.9 Å². The Kier molecular flexibility index (Phi) is 6.09. The van der Waals surface area contributed by atoms with E-state index in [2.05, 4.69) is 15.0 Å². The molecule has 1 amide bonds. The van der Waals surface area contributed by atoms with Crippen LogP contribution in [0.4, 0.5) is 5.82 Å². The van der Waals surface area contributed by atoms with Crippen molar-refractivity contribution >= 4 is 55.2 Å². The molecule has 3 heterocycles. The van der Waals surface area contributed by atoms with Crippen molar-refractivity contribution in [1.82, 2.24) is 24.2 Å². The molecule has 35 heavy (non-hydrogen) atoms. The molecule has 2 aromatic heterocycles. The number of fused-ring (bicyclic) bond motifs is 2. The van der Waals surface area contributed by atoms with Crippen molar-refractivity contribution in [2.75, 3.05) is 32.5 Å². The van der Waals surface area contributed by atoms with E-state index in [0.29, 0.717) is 27.3 Å². The molecule has 10 nitrogen and oxygen atoms in total. The first-order valence-corrected chi connectivity index (χ1v) is 12.6. The molecular formula is C23H23ClN6O4S. The minimum absolute atomic E-state index is 0.0129. The lowest BCUT2D eigenvalue weighted by Gasteiger charge is -2.40. The zero-order chi connectivity index (χ0) is 24.7. The van der Waals surface area contributed by atoms with Gasteiger partial charge in [0.05, 0.1) is 24.7 Å². The zero-order valence-electron chi connectivity index (χ0n) is 18.8. The molecule has 1 aliphatic heterocycles. The maximum Gasteiger partial charge on any atom is 0.259 e. The summed E-state index contributed by atoms with van der Waals surface area (Å²) in [5, 5.41) is 1.92. The van der Waals surface area contributed by atoms with Crippen LogP contribution in [0.25, 0.3) is 21.8 Å². The van der Waals surface area contributed by atoms with Crippen molar-refractivity contribution < 1.29 is 17.9 Å². The summed E-state index contributed by atoms with van der Waals surface area (Å²) in [5.41, 5.74) is 8.07. The fourth-order valence-corrected chi connectivity index (χ4v) is 5.97. The molecule has 0 bridgehead atoms. The van der Waals surface area contributed by atoms with Gasteiger partial charge in [-0.05, 0) is 42.0 Å². The number of halogens is 1. The number of amides is 1. The van der Waals surface area contributed by atoms with Crippen molar-refractivity contribution in [2.45, 2.75) is 17.6 Å². The number of aromatic nitrogens is 3. The number of nitrogens with zero attached hydrogens (tertiary/aromatic N) is 4. The van der Waals surface area contributed by atoms with Crippen molar-refractivity contribution in [1.29, 1.82) is 0 Å². The van der Waals surface area contributed by atoms with Gasteiger partial charge in [0.15, 0.2) is 0 Å². The van der Waals surface area contributed by atoms with Crippen LogP contribution in [0.15, 0.2) is 53.8 Å². The Balaban J connectivity index is 1.41. The van der Waals surface area contributed by atoms with Crippen molar-refractivity contribution in [3.8, 4) is 0 Å². The fourth-order valence-electron chi connectivity index (χ4n) is 4.35. The van der Waals surface area contributed by atoms with Gasteiger partial charge >= 0.3 is 0 Å². The number of piperazine rings is 1. The molecule has 182 valence electrons. The second-order valence-corrected chi connectivity index (χ2v) is 10.7. The van der Waals surface area contributed by atoms with Gasteiger partial charge in [0.1, 0.15) is 17.2 Å².